The van der Waals surface area contributed by atoms with Crippen LogP contribution in [0.1, 0.15) is 0 Å². The predicted molar refractivity (Wildman–Crippen MR) is 90.7 cm³/mol. The Bertz CT molecular complexity index is 611. The topological polar surface area (TPSA) is 44.8 Å². The molecule has 1 aliphatic heterocycles. The molecule has 23 heavy (non-hydrogen) atoms. The van der Waals surface area contributed by atoms with Crippen LogP contribution >= 0.6 is 0 Å². The van der Waals surface area contributed by atoms with E-state index in [9.17, 15) is 4.79 Å². The zero-order chi connectivity index (χ0) is 15.9. The molecule has 0 atom stereocenters. The molecule has 1 aliphatic rings. The molecule has 5 nitrogen and oxygen atoms in total. The number of hydrogen-bond donors (Lipinski definition) is 1. The Hall–Kier alpha value is -2.69. The fourth-order valence-electron chi connectivity index (χ4n) is 2.62. The van der Waals surface area contributed by atoms with Crippen molar-refractivity contribution in [1.29, 1.82) is 0 Å². The second kappa shape index (κ2) is 7.54. The van der Waals surface area contributed by atoms with Gasteiger partial charge in [-0.05, 0) is 24.3 Å². The van der Waals surface area contributed by atoms with Gasteiger partial charge in [0.15, 0.2) is 6.73 Å². The van der Waals surface area contributed by atoms with Gasteiger partial charge in [0.05, 0.1) is 0 Å². The Morgan fingerprint density at radius 1 is 0.913 bits per heavy atom. The van der Waals surface area contributed by atoms with Crippen molar-refractivity contribution in [3.05, 3.63) is 60.7 Å². The molecule has 2 amide bonds. The van der Waals surface area contributed by atoms with Crippen molar-refractivity contribution in [3.8, 4) is 5.75 Å². The zero-order valence-electron chi connectivity index (χ0n) is 13.0. The lowest BCUT2D eigenvalue weighted by Gasteiger charge is -2.36. The second-order valence-electron chi connectivity index (χ2n) is 5.39. The van der Waals surface area contributed by atoms with E-state index in [1.165, 1.54) is 5.69 Å². The molecule has 1 N–H and O–H groups in total. The van der Waals surface area contributed by atoms with Gasteiger partial charge < -0.3 is 19.9 Å². The molecular weight excluding hydrogens is 290 g/mol. The van der Waals surface area contributed by atoms with Crippen molar-refractivity contribution in [1.82, 2.24) is 10.2 Å². The molecule has 2 aromatic rings. The number of nitrogens with zero attached hydrogens (tertiary/aromatic N) is 2. The minimum Gasteiger partial charge on any atom is -0.473 e. The maximum Gasteiger partial charge on any atom is 0.320 e. The summed E-state index contributed by atoms with van der Waals surface area (Å²) in [6.45, 7) is 3.30. The number of amides is 2. The third kappa shape index (κ3) is 4.16. The molecule has 0 saturated carbocycles. The summed E-state index contributed by atoms with van der Waals surface area (Å²) in [6, 6.07) is 19.7. The number of urea groups is 1. The van der Waals surface area contributed by atoms with Crippen LogP contribution < -0.4 is 15.0 Å². The van der Waals surface area contributed by atoms with Crippen molar-refractivity contribution >= 4 is 11.7 Å². The maximum atomic E-state index is 12.1. The van der Waals surface area contributed by atoms with Crippen molar-refractivity contribution in [2.75, 3.05) is 37.8 Å². The van der Waals surface area contributed by atoms with Crippen LogP contribution in [0.25, 0.3) is 0 Å². The van der Waals surface area contributed by atoms with Crippen LogP contribution in [-0.2, 0) is 0 Å². The predicted octanol–water partition coefficient (Wildman–Crippen LogP) is 2.55. The summed E-state index contributed by atoms with van der Waals surface area (Å²) < 4.78 is 5.49. The molecule has 1 fully saturated rings. The molecule has 0 bridgehead atoms. The summed E-state index contributed by atoms with van der Waals surface area (Å²) in [6.07, 6.45) is 0. The minimum absolute atomic E-state index is 0.0753. The maximum absolute atomic E-state index is 12.1. The first-order valence-electron chi connectivity index (χ1n) is 7.83. The number of para-hydroxylation sites is 2. The summed E-state index contributed by atoms with van der Waals surface area (Å²) in [5.41, 5.74) is 1.21. The monoisotopic (exact) mass is 311 g/mol. The number of carbonyl (C=O) groups is 1. The molecule has 120 valence electrons. The molecule has 0 radical (unpaired) electrons. The highest BCUT2D eigenvalue weighted by atomic mass is 16.5. The first-order valence-corrected chi connectivity index (χ1v) is 7.83. The van der Waals surface area contributed by atoms with E-state index in [1.807, 2.05) is 53.4 Å². The van der Waals surface area contributed by atoms with Crippen molar-refractivity contribution < 1.29 is 9.53 Å². The molecular formula is C18H21N3O2. The molecule has 0 spiro atoms. The van der Waals surface area contributed by atoms with Crippen LogP contribution in [0.2, 0.25) is 0 Å². The third-order valence-electron chi connectivity index (χ3n) is 3.89. The number of benzene rings is 2. The van der Waals surface area contributed by atoms with Gasteiger partial charge in [-0.1, -0.05) is 36.4 Å². The highest BCUT2D eigenvalue weighted by Gasteiger charge is 2.20. The zero-order valence-corrected chi connectivity index (χ0v) is 13.0. The molecule has 3 rings (SSSR count). The van der Waals surface area contributed by atoms with E-state index in [0.717, 1.165) is 18.8 Å². The van der Waals surface area contributed by atoms with Crippen LogP contribution in [0, 0.1) is 0 Å². The first kappa shape index (κ1) is 15.2. The smallest absolute Gasteiger partial charge is 0.320 e. The number of hydrogen-bond acceptors (Lipinski definition) is 3. The van der Waals surface area contributed by atoms with Crippen molar-refractivity contribution in [3.63, 3.8) is 0 Å². The lowest BCUT2D eigenvalue weighted by atomic mass is 10.2. The fourth-order valence-corrected chi connectivity index (χ4v) is 2.62. The quantitative estimate of drug-likeness (QED) is 0.883. The average molecular weight is 311 g/mol. The van der Waals surface area contributed by atoms with Crippen LogP contribution in [0.3, 0.4) is 0 Å². The van der Waals surface area contributed by atoms with Gasteiger partial charge in [0.1, 0.15) is 5.75 Å². The first-order chi connectivity index (χ1) is 11.3. The molecule has 1 heterocycles. The van der Waals surface area contributed by atoms with Gasteiger partial charge in [-0.3, -0.25) is 0 Å². The minimum atomic E-state index is -0.0753. The normalized spacial score (nSPS) is 14.4. The molecule has 5 heteroatoms. The lowest BCUT2D eigenvalue weighted by Crippen LogP contribution is -2.52. The third-order valence-corrected chi connectivity index (χ3v) is 3.89. The van der Waals surface area contributed by atoms with E-state index in [0.29, 0.717) is 13.1 Å². The largest absolute Gasteiger partial charge is 0.473 e. The number of carbonyl (C=O) groups excluding carboxylic acids is 1. The van der Waals surface area contributed by atoms with Crippen molar-refractivity contribution in [2.45, 2.75) is 0 Å². The van der Waals surface area contributed by atoms with Crippen molar-refractivity contribution in [2.24, 2.45) is 0 Å². The molecule has 1 saturated heterocycles. The summed E-state index contributed by atoms with van der Waals surface area (Å²) >= 11 is 0. The summed E-state index contributed by atoms with van der Waals surface area (Å²) in [5.74, 6) is 0.752. The van der Waals surface area contributed by atoms with Crippen LogP contribution in [-0.4, -0.2) is 43.8 Å². The van der Waals surface area contributed by atoms with Gasteiger partial charge in [0.25, 0.3) is 0 Å². The fraction of sp³-hybridized carbons (Fsp3) is 0.278. The highest BCUT2D eigenvalue weighted by molar-refractivity contribution is 5.74. The van der Waals surface area contributed by atoms with E-state index in [4.69, 9.17) is 4.74 Å². The van der Waals surface area contributed by atoms with Crippen LogP contribution in [0.5, 0.6) is 5.75 Å². The van der Waals surface area contributed by atoms with Crippen LogP contribution in [0.4, 0.5) is 10.5 Å². The Morgan fingerprint density at radius 2 is 1.52 bits per heavy atom. The van der Waals surface area contributed by atoms with E-state index in [2.05, 4.69) is 22.3 Å². The van der Waals surface area contributed by atoms with E-state index < -0.39 is 0 Å². The summed E-state index contributed by atoms with van der Waals surface area (Å²) in [7, 11) is 0. The Kier molecular flexibility index (Phi) is 4.99. The lowest BCUT2D eigenvalue weighted by molar-refractivity contribution is 0.181. The summed E-state index contributed by atoms with van der Waals surface area (Å²) in [5, 5.41) is 2.80. The van der Waals surface area contributed by atoms with Gasteiger partial charge >= 0.3 is 6.03 Å². The molecule has 2 aromatic carbocycles. The number of nitrogens with one attached hydrogen (secondary N) is 1. The van der Waals surface area contributed by atoms with E-state index in [-0.39, 0.29) is 12.8 Å². The van der Waals surface area contributed by atoms with Gasteiger partial charge in [-0.25, -0.2) is 4.79 Å². The number of rotatable bonds is 4. The number of piperazine rings is 1. The SMILES string of the molecule is O=C(NCOc1ccccc1)N1CCN(c2ccccc2)CC1. The van der Waals surface area contributed by atoms with Gasteiger partial charge in [0, 0.05) is 31.9 Å². The number of ether oxygens (including phenoxy) is 1. The average Bonchev–Trinajstić information content (AvgIpc) is 2.63. The van der Waals surface area contributed by atoms with E-state index >= 15 is 0 Å². The Balaban J connectivity index is 1.41. The molecule has 0 aliphatic carbocycles. The van der Waals surface area contributed by atoms with Crippen LogP contribution in [0.15, 0.2) is 60.7 Å². The highest BCUT2D eigenvalue weighted by Crippen LogP contribution is 2.15. The molecule has 0 aromatic heterocycles. The van der Waals surface area contributed by atoms with Gasteiger partial charge in [-0.2, -0.15) is 0 Å². The second-order valence-corrected chi connectivity index (χ2v) is 5.39. The number of anilines is 1. The standard InChI is InChI=1S/C18H21N3O2/c22-18(19-15-23-17-9-5-2-6-10-17)21-13-11-20(12-14-21)16-7-3-1-4-8-16/h1-10H,11-15H2,(H,19,22). The Morgan fingerprint density at radius 3 is 2.17 bits per heavy atom. The van der Waals surface area contributed by atoms with Gasteiger partial charge in [-0.15, -0.1) is 0 Å². The van der Waals surface area contributed by atoms with E-state index in [1.54, 1.807) is 0 Å². The Labute approximate surface area is 136 Å². The summed E-state index contributed by atoms with van der Waals surface area (Å²) in [4.78, 5) is 16.3. The molecule has 0 unspecified atom stereocenters. The van der Waals surface area contributed by atoms with Gasteiger partial charge in [0.2, 0.25) is 0 Å².